The molecule has 0 N–H and O–H groups in total. The minimum atomic E-state index is 0.322. The van der Waals surface area contributed by atoms with E-state index in [-0.39, 0.29) is 0 Å². The molecule has 0 saturated carbocycles. The largest absolute Gasteiger partial charge is 0.459 e. The summed E-state index contributed by atoms with van der Waals surface area (Å²) in [6.45, 7) is 3.53. The zero-order chi connectivity index (χ0) is 18.9. The normalized spacial score (nSPS) is 20.0. The van der Waals surface area contributed by atoms with Crippen molar-refractivity contribution in [3.05, 3.63) is 59.5 Å². The smallest absolute Gasteiger partial charge is 0.266 e. The fraction of sp³-hybridized carbons (Fsp3) is 0.364. The lowest BCUT2D eigenvalue weighted by Crippen LogP contribution is -2.48. The molecule has 2 aliphatic rings. The maximum absolute atomic E-state index is 9.48. The number of aryl methyl sites for hydroxylation is 1. The average molecular weight is 374 g/mol. The summed E-state index contributed by atoms with van der Waals surface area (Å²) in [6.07, 6.45) is 5.22. The van der Waals surface area contributed by atoms with E-state index in [0.29, 0.717) is 29.3 Å². The molecule has 0 amide bonds. The summed E-state index contributed by atoms with van der Waals surface area (Å²) in [5.74, 6) is 1.46. The van der Waals surface area contributed by atoms with E-state index in [9.17, 15) is 5.26 Å². The number of nitriles is 1. The molecule has 3 aromatic rings. The van der Waals surface area contributed by atoms with Gasteiger partial charge in [-0.1, -0.05) is 24.3 Å². The van der Waals surface area contributed by atoms with Gasteiger partial charge in [0.1, 0.15) is 6.07 Å². The highest BCUT2D eigenvalue weighted by atomic mass is 16.4. The molecule has 6 nitrogen and oxygen atoms in total. The van der Waals surface area contributed by atoms with Crippen molar-refractivity contribution in [2.24, 2.45) is 0 Å². The molecule has 6 heteroatoms. The maximum atomic E-state index is 9.48. The Bertz CT molecular complexity index is 994. The second-order valence-corrected chi connectivity index (χ2v) is 7.39. The van der Waals surface area contributed by atoms with E-state index in [4.69, 9.17) is 8.83 Å². The van der Waals surface area contributed by atoms with Crippen molar-refractivity contribution < 1.29 is 8.83 Å². The van der Waals surface area contributed by atoms with Crippen LogP contribution >= 0.6 is 0 Å². The van der Waals surface area contributed by atoms with Gasteiger partial charge in [0.05, 0.1) is 6.26 Å². The van der Waals surface area contributed by atoms with Crippen LogP contribution in [0.1, 0.15) is 35.7 Å². The quantitative estimate of drug-likeness (QED) is 0.690. The first-order valence-electron chi connectivity index (χ1n) is 9.85. The summed E-state index contributed by atoms with van der Waals surface area (Å²) < 4.78 is 11.3. The second-order valence-electron chi connectivity index (χ2n) is 7.39. The van der Waals surface area contributed by atoms with E-state index in [1.54, 1.807) is 18.4 Å². The number of nitrogens with zero attached hydrogens (tertiary/aromatic N) is 4. The molecule has 0 spiro atoms. The lowest BCUT2D eigenvalue weighted by molar-refractivity contribution is 0.167. The molecule has 28 heavy (non-hydrogen) atoms. The molecule has 1 aromatic carbocycles. The minimum Gasteiger partial charge on any atom is -0.459 e. The molecule has 5 rings (SSSR count). The predicted octanol–water partition coefficient (Wildman–Crippen LogP) is 4.01. The van der Waals surface area contributed by atoms with Crippen LogP contribution in [0.3, 0.4) is 0 Å². The van der Waals surface area contributed by atoms with Crippen LogP contribution in [0.2, 0.25) is 0 Å². The number of anilines is 1. The average Bonchev–Trinajstić information content (AvgIpc) is 3.43. The summed E-state index contributed by atoms with van der Waals surface area (Å²) in [4.78, 5) is 9.01. The molecule has 2 aromatic heterocycles. The van der Waals surface area contributed by atoms with Crippen LogP contribution in [0.15, 0.2) is 51.5 Å². The van der Waals surface area contributed by atoms with E-state index >= 15 is 0 Å². The Morgan fingerprint density at radius 2 is 1.93 bits per heavy atom. The molecule has 3 heterocycles. The van der Waals surface area contributed by atoms with Crippen molar-refractivity contribution >= 4 is 5.88 Å². The molecule has 0 unspecified atom stereocenters. The molecule has 0 bridgehead atoms. The number of hydrogen-bond acceptors (Lipinski definition) is 6. The molecule has 142 valence electrons. The number of fused-ring (bicyclic) bond motifs is 1. The zero-order valence-electron chi connectivity index (χ0n) is 15.7. The van der Waals surface area contributed by atoms with Crippen LogP contribution in [0, 0.1) is 11.3 Å². The van der Waals surface area contributed by atoms with Crippen molar-refractivity contribution in [3.8, 4) is 17.7 Å². The van der Waals surface area contributed by atoms with Gasteiger partial charge in [0.25, 0.3) is 5.89 Å². The van der Waals surface area contributed by atoms with Gasteiger partial charge in [-0.3, -0.25) is 4.90 Å². The Labute approximate surface area is 164 Å². The molecule has 1 atom stereocenters. The first-order chi connectivity index (χ1) is 13.8. The molecule has 1 saturated heterocycles. The fourth-order valence-corrected chi connectivity index (χ4v) is 4.45. The highest BCUT2D eigenvalue weighted by Crippen LogP contribution is 2.36. The Hall–Kier alpha value is -3.04. The molecule has 1 aliphatic carbocycles. The van der Waals surface area contributed by atoms with Crippen LogP contribution in [0.5, 0.6) is 0 Å². The van der Waals surface area contributed by atoms with E-state index in [1.165, 1.54) is 30.4 Å². The van der Waals surface area contributed by atoms with Crippen molar-refractivity contribution in [3.63, 3.8) is 0 Å². The van der Waals surface area contributed by atoms with Crippen LogP contribution < -0.4 is 4.90 Å². The highest BCUT2D eigenvalue weighted by molar-refractivity contribution is 5.55. The van der Waals surface area contributed by atoms with Gasteiger partial charge in [-0.05, 0) is 42.5 Å². The van der Waals surface area contributed by atoms with Gasteiger partial charge in [0, 0.05) is 32.2 Å². The monoisotopic (exact) mass is 374 g/mol. The van der Waals surface area contributed by atoms with Gasteiger partial charge < -0.3 is 13.7 Å². The van der Waals surface area contributed by atoms with Crippen molar-refractivity contribution in [2.75, 3.05) is 31.1 Å². The number of rotatable bonds is 3. The van der Waals surface area contributed by atoms with Gasteiger partial charge in [-0.25, -0.2) is 0 Å². The van der Waals surface area contributed by atoms with Crippen molar-refractivity contribution in [1.82, 2.24) is 9.88 Å². The number of benzene rings is 1. The van der Waals surface area contributed by atoms with E-state index in [0.717, 1.165) is 26.2 Å². The summed E-state index contributed by atoms with van der Waals surface area (Å²) in [5.41, 5.74) is 3.30. The lowest BCUT2D eigenvalue weighted by Gasteiger charge is -2.41. The van der Waals surface area contributed by atoms with E-state index in [1.807, 2.05) is 0 Å². The van der Waals surface area contributed by atoms with E-state index < -0.39 is 0 Å². The number of furan rings is 1. The molecular weight excluding hydrogens is 352 g/mol. The van der Waals surface area contributed by atoms with E-state index in [2.05, 4.69) is 45.1 Å². The summed E-state index contributed by atoms with van der Waals surface area (Å²) in [6, 6.07) is 15.1. The van der Waals surface area contributed by atoms with Gasteiger partial charge >= 0.3 is 0 Å². The fourth-order valence-electron chi connectivity index (χ4n) is 4.45. The highest BCUT2D eigenvalue weighted by Gasteiger charge is 2.30. The Balaban J connectivity index is 1.33. The van der Waals surface area contributed by atoms with Crippen LogP contribution in [0.25, 0.3) is 11.7 Å². The summed E-state index contributed by atoms with van der Waals surface area (Å²) in [7, 11) is 0. The third-order valence-electron chi connectivity index (χ3n) is 5.83. The third kappa shape index (κ3) is 2.98. The molecule has 1 fully saturated rings. The Kier molecular flexibility index (Phi) is 4.38. The molecule has 0 radical (unpaired) electrons. The summed E-state index contributed by atoms with van der Waals surface area (Å²) >= 11 is 0. The first kappa shape index (κ1) is 17.1. The van der Waals surface area contributed by atoms with Crippen LogP contribution in [-0.4, -0.2) is 36.1 Å². The molecular formula is C22H22N4O2. The predicted molar refractivity (Wildman–Crippen MR) is 105 cm³/mol. The maximum Gasteiger partial charge on any atom is 0.266 e. The number of oxazole rings is 1. The summed E-state index contributed by atoms with van der Waals surface area (Å²) in [5, 5.41) is 9.48. The number of aromatic nitrogens is 1. The Morgan fingerprint density at radius 3 is 2.71 bits per heavy atom. The number of piperazine rings is 1. The van der Waals surface area contributed by atoms with Gasteiger partial charge in [-0.2, -0.15) is 10.2 Å². The topological polar surface area (TPSA) is 69.4 Å². The van der Waals surface area contributed by atoms with Crippen molar-refractivity contribution in [1.29, 1.82) is 5.26 Å². The minimum absolute atomic E-state index is 0.322. The van der Waals surface area contributed by atoms with Crippen LogP contribution in [0.4, 0.5) is 5.88 Å². The third-order valence-corrected chi connectivity index (χ3v) is 5.83. The van der Waals surface area contributed by atoms with Crippen molar-refractivity contribution in [2.45, 2.75) is 25.3 Å². The van der Waals surface area contributed by atoms with Gasteiger partial charge in [0.2, 0.25) is 11.6 Å². The zero-order valence-corrected chi connectivity index (χ0v) is 15.7. The van der Waals surface area contributed by atoms with Gasteiger partial charge in [0.15, 0.2) is 5.76 Å². The van der Waals surface area contributed by atoms with Crippen LogP contribution in [-0.2, 0) is 6.42 Å². The standard InChI is InChI=1S/C22H22N4O2/c23-15-18-22(28-21(24-18)20-9-4-14-27-20)26-12-10-25(11-13-26)19-8-3-6-16-5-1-2-7-17(16)19/h1-2,4-5,7,9,14,19H,3,6,8,10-13H2/t19-/m0/s1. The SMILES string of the molecule is N#Cc1nc(-c2ccco2)oc1N1CCN([C@H]2CCCc3ccccc32)CC1. The Morgan fingerprint density at radius 1 is 1.07 bits per heavy atom. The number of hydrogen-bond donors (Lipinski definition) is 0. The lowest BCUT2D eigenvalue weighted by atomic mass is 9.86. The second kappa shape index (κ2) is 7.17. The first-order valence-corrected chi connectivity index (χ1v) is 9.85. The molecule has 1 aliphatic heterocycles. The van der Waals surface area contributed by atoms with Gasteiger partial charge in [-0.15, -0.1) is 0 Å².